The van der Waals surface area contributed by atoms with E-state index in [9.17, 15) is 17.6 Å². The Morgan fingerprint density at radius 2 is 1.95 bits per heavy atom. The number of benzene rings is 1. The van der Waals surface area contributed by atoms with E-state index < -0.39 is 26.6 Å². The molecule has 0 atom stereocenters. The second-order valence-electron chi connectivity index (χ2n) is 5.13. The normalized spacial score (nSPS) is 11.7. The zero-order valence-corrected chi connectivity index (χ0v) is 12.6. The molecule has 20 heavy (non-hydrogen) atoms. The number of primary sulfonamides is 1. The van der Waals surface area contributed by atoms with Gasteiger partial charge in [0.15, 0.2) is 0 Å². The molecular formula is C13H19FN2O3S. The topological polar surface area (TPSA) is 80.5 Å². The number of nitrogens with zero attached hydrogens (tertiary/aromatic N) is 1. The van der Waals surface area contributed by atoms with E-state index in [1.54, 1.807) is 7.05 Å². The predicted molar refractivity (Wildman–Crippen MR) is 74.2 cm³/mol. The van der Waals surface area contributed by atoms with E-state index in [0.29, 0.717) is 12.5 Å². The fourth-order valence-electron chi connectivity index (χ4n) is 1.62. The molecule has 1 rings (SSSR count). The Bertz CT molecular complexity index is 600. The molecule has 1 aromatic carbocycles. The molecule has 0 heterocycles. The molecule has 0 bridgehead atoms. The van der Waals surface area contributed by atoms with Gasteiger partial charge in [0.05, 0.1) is 4.90 Å². The van der Waals surface area contributed by atoms with Crippen LogP contribution in [0.1, 0.15) is 30.6 Å². The lowest BCUT2D eigenvalue weighted by atomic mass is 10.1. The molecule has 0 saturated heterocycles. The fraction of sp³-hybridized carbons (Fsp3) is 0.462. The zero-order valence-electron chi connectivity index (χ0n) is 11.8. The standard InChI is InChI=1S/C13H19FN2O3S/c1-9(2)4-5-16(3)13(17)10-6-11(14)8-12(7-10)20(15,18)19/h6-9H,4-5H2,1-3H3,(H2,15,18,19). The van der Waals surface area contributed by atoms with Crippen LogP contribution in [0.5, 0.6) is 0 Å². The van der Waals surface area contributed by atoms with E-state index in [2.05, 4.69) is 0 Å². The number of carbonyl (C=O) groups excluding carboxylic acids is 1. The molecule has 0 aliphatic carbocycles. The monoisotopic (exact) mass is 302 g/mol. The molecule has 0 aliphatic heterocycles. The van der Waals surface area contributed by atoms with Crippen LogP contribution in [0.2, 0.25) is 0 Å². The minimum absolute atomic E-state index is 0.0275. The highest BCUT2D eigenvalue weighted by Crippen LogP contribution is 2.15. The highest BCUT2D eigenvalue weighted by atomic mass is 32.2. The summed E-state index contributed by atoms with van der Waals surface area (Å²) in [6.45, 7) is 4.57. The number of carbonyl (C=O) groups is 1. The van der Waals surface area contributed by atoms with E-state index in [4.69, 9.17) is 5.14 Å². The lowest BCUT2D eigenvalue weighted by molar-refractivity contribution is 0.0788. The third kappa shape index (κ3) is 4.57. The summed E-state index contributed by atoms with van der Waals surface area (Å²) in [5, 5.41) is 4.95. The van der Waals surface area contributed by atoms with Crippen LogP contribution in [0.3, 0.4) is 0 Å². The van der Waals surface area contributed by atoms with Crippen LogP contribution in [-0.4, -0.2) is 32.8 Å². The maximum Gasteiger partial charge on any atom is 0.253 e. The van der Waals surface area contributed by atoms with Gasteiger partial charge >= 0.3 is 0 Å². The summed E-state index contributed by atoms with van der Waals surface area (Å²) in [5.41, 5.74) is -0.0275. The molecular weight excluding hydrogens is 283 g/mol. The van der Waals surface area contributed by atoms with Gasteiger partial charge in [-0.05, 0) is 30.5 Å². The van der Waals surface area contributed by atoms with Gasteiger partial charge in [0.1, 0.15) is 5.82 Å². The third-order valence-corrected chi connectivity index (χ3v) is 3.73. The van der Waals surface area contributed by atoms with Crippen molar-refractivity contribution in [3.05, 3.63) is 29.6 Å². The van der Waals surface area contributed by atoms with E-state index in [-0.39, 0.29) is 5.56 Å². The number of hydrogen-bond donors (Lipinski definition) is 1. The van der Waals surface area contributed by atoms with E-state index >= 15 is 0 Å². The quantitative estimate of drug-likeness (QED) is 0.897. The maximum absolute atomic E-state index is 13.4. The average molecular weight is 302 g/mol. The van der Waals surface area contributed by atoms with Crippen molar-refractivity contribution < 1.29 is 17.6 Å². The van der Waals surface area contributed by atoms with Crippen LogP contribution >= 0.6 is 0 Å². The second kappa shape index (κ2) is 6.32. The number of halogens is 1. The summed E-state index contributed by atoms with van der Waals surface area (Å²) >= 11 is 0. The minimum Gasteiger partial charge on any atom is -0.342 e. The molecule has 7 heteroatoms. The summed E-state index contributed by atoms with van der Waals surface area (Å²) in [4.78, 5) is 13.1. The van der Waals surface area contributed by atoms with Gasteiger partial charge in [-0.25, -0.2) is 17.9 Å². The van der Waals surface area contributed by atoms with Crippen LogP contribution in [-0.2, 0) is 10.0 Å². The first-order chi connectivity index (χ1) is 9.11. The molecule has 0 fully saturated rings. The van der Waals surface area contributed by atoms with Gasteiger partial charge < -0.3 is 4.90 Å². The van der Waals surface area contributed by atoms with Crippen LogP contribution in [0.15, 0.2) is 23.1 Å². The molecule has 0 aliphatic rings. The van der Waals surface area contributed by atoms with Crippen molar-refractivity contribution in [2.45, 2.75) is 25.2 Å². The maximum atomic E-state index is 13.4. The van der Waals surface area contributed by atoms with E-state index in [0.717, 1.165) is 24.6 Å². The lowest BCUT2D eigenvalue weighted by Crippen LogP contribution is -2.29. The summed E-state index contributed by atoms with van der Waals surface area (Å²) in [5.74, 6) is -0.815. The van der Waals surface area contributed by atoms with Crippen molar-refractivity contribution in [2.24, 2.45) is 11.1 Å². The van der Waals surface area contributed by atoms with Gasteiger partial charge in [-0.15, -0.1) is 0 Å². The van der Waals surface area contributed by atoms with E-state index in [1.165, 1.54) is 4.90 Å². The summed E-state index contributed by atoms with van der Waals surface area (Å²) in [7, 11) is -2.45. The fourth-order valence-corrected chi connectivity index (χ4v) is 2.19. The molecule has 1 amide bonds. The predicted octanol–water partition coefficient (Wildman–Crippen LogP) is 1.59. The molecule has 0 saturated carbocycles. The summed E-state index contributed by atoms with van der Waals surface area (Å²) in [6.07, 6.45) is 0.805. The highest BCUT2D eigenvalue weighted by molar-refractivity contribution is 7.89. The molecule has 2 N–H and O–H groups in total. The van der Waals surface area contributed by atoms with Gasteiger partial charge in [-0.2, -0.15) is 0 Å². The van der Waals surface area contributed by atoms with Crippen molar-refractivity contribution in [2.75, 3.05) is 13.6 Å². The van der Waals surface area contributed by atoms with Gasteiger partial charge in [0, 0.05) is 19.2 Å². The Labute approximate surface area is 118 Å². The lowest BCUT2D eigenvalue weighted by Gasteiger charge is -2.18. The molecule has 0 spiro atoms. The Hall–Kier alpha value is -1.47. The minimum atomic E-state index is -4.04. The van der Waals surface area contributed by atoms with Gasteiger partial charge in [-0.1, -0.05) is 13.8 Å². The number of sulfonamides is 1. The second-order valence-corrected chi connectivity index (χ2v) is 6.69. The van der Waals surface area contributed by atoms with Crippen molar-refractivity contribution in [1.29, 1.82) is 0 Å². The van der Waals surface area contributed by atoms with Crippen LogP contribution in [0.4, 0.5) is 4.39 Å². The Morgan fingerprint density at radius 3 is 2.45 bits per heavy atom. The van der Waals surface area contributed by atoms with Crippen molar-refractivity contribution in [3.8, 4) is 0 Å². The molecule has 0 unspecified atom stereocenters. The first-order valence-electron chi connectivity index (χ1n) is 6.20. The van der Waals surface area contributed by atoms with Crippen molar-refractivity contribution in [1.82, 2.24) is 4.90 Å². The van der Waals surface area contributed by atoms with Gasteiger partial charge in [0.25, 0.3) is 5.91 Å². The van der Waals surface area contributed by atoms with Gasteiger partial charge in [-0.3, -0.25) is 4.79 Å². The Balaban J connectivity index is 3.02. The number of amides is 1. The smallest absolute Gasteiger partial charge is 0.253 e. The summed E-state index contributed by atoms with van der Waals surface area (Å²) in [6, 6.07) is 2.88. The Kier molecular flexibility index (Phi) is 5.24. The number of nitrogens with two attached hydrogens (primary N) is 1. The third-order valence-electron chi connectivity index (χ3n) is 2.84. The van der Waals surface area contributed by atoms with Crippen LogP contribution in [0.25, 0.3) is 0 Å². The molecule has 1 aromatic rings. The largest absolute Gasteiger partial charge is 0.342 e. The highest BCUT2D eigenvalue weighted by Gasteiger charge is 2.17. The first kappa shape index (κ1) is 16.6. The van der Waals surface area contributed by atoms with Gasteiger partial charge in [0.2, 0.25) is 10.0 Å². The van der Waals surface area contributed by atoms with Crippen molar-refractivity contribution >= 4 is 15.9 Å². The van der Waals surface area contributed by atoms with E-state index in [1.807, 2.05) is 13.8 Å². The Morgan fingerprint density at radius 1 is 1.35 bits per heavy atom. The SMILES string of the molecule is CC(C)CCN(C)C(=O)c1cc(F)cc(S(N)(=O)=O)c1. The molecule has 0 aromatic heterocycles. The molecule has 5 nitrogen and oxygen atoms in total. The zero-order chi connectivity index (χ0) is 15.5. The number of hydrogen-bond acceptors (Lipinski definition) is 3. The first-order valence-corrected chi connectivity index (χ1v) is 7.74. The van der Waals surface area contributed by atoms with Crippen molar-refractivity contribution in [3.63, 3.8) is 0 Å². The molecule has 0 radical (unpaired) electrons. The number of rotatable bonds is 5. The average Bonchev–Trinajstić information content (AvgIpc) is 2.33. The van der Waals surface area contributed by atoms with Crippen LogP contribution in [0, 0.1) is 11.7 Å². The van der Waals surface area contributed by atoms with Crippen LogP contribution < -0.4 is 5.14 Å². The summed E-state index contributed by atoms with van der Waals surface area (Å²) < 4.78 is 35.9. The molecule has 112 valence electrons.